The minimum Gasteiger partial charge on any atom is -0.397 e. The van der Waals surface area contributed by atoms with Gasteiger partial charge in [-0.1, -0.05) is 43.5 Å². The van der Waals surface area contributed by atoms with Gasteiger partial charge in [-0.3, -0.25) is 14.4 Å². The third-order valence-corrected chi connectivity index (χ3v) is 6.00. The van der Waals surface area contributed by atoms with Crippen molar-refractivity contribution in [1.82, 2.24) is 5.32 Å². The topological polar surface area (TPSA) is 89.3 Å². The summed E-state index contributed by atoms with van der Waals surface area (Å²) in [6.07, 6.45) is 5.27. The van der Waals surface area contributed by atoms with E-state index in [0.29, 0.717) is 15.6 Å². The molecule has 0 spiro atoms. The van der Waals surface area contributed by atoms with Gasteiger partial charge in [0.05, 0.1) is 22.4 Å². The van der Waals surface area contributed by atoms with Gasteiger partial charge in [0, 0.05) is 21.6 Å². The molecule has 0 heterocycles. The Bertz CT molecular complexity index is 978. The quantitative estimate of drug-likeness (QED) is 0.608. The Morgan fingerprint density at radius 1 is 1.00 bits per heavy atom. The van der Waals surface area contributed by atoms with Crippen LogP contribution in [0.4, 0.5) is 5.69 Å². The van der Waals surface area contributed by atoms with Crippen LogP contribution in [0, 0.1) is 0 Å². The zero-order chi connectivity index (χ0) is 19.1. The fourth-order valence-electron chi connectivity index (χ4n) is 3.97. The van der Waals surface area contributed by atoms with E-state index in [4.69, 9.17) is 5.73 Å². The number of benzene rings is 2. The number of hydrogen-bond acceptors (Lipinski definition) is 4. The molecule has 5 nitrogen and oxygen atoms in total. The first kappa shape index (κ1) is 17.9. The zero-order valence-electron chi connectivity index (χ0n) is 14.7. The molecule has 2 aromatic carbocycles. The molecule has 2 aromatic rings. The van der Waals surface area contributed by atoms with Gasteiger partial charge in [0.2, 0.25) is 0 Å². The lowest BCUT2D eigenvalue weighted by atomic mass is 9.82. The first-order chi connectivity index (χ1) is 13.0. The standard InChI is InChI=1S/C21H19BrN2O3/c22-15-10-14(21(27)24-11-6-2-1-3-7-11)18(23)17-16(15)19(25)12-8-4-5-9-13(12)20(17)26/h4-5,8-11H,1-3,6-7,23H2,(H,24,27). The Balaban J connectivity index is 1.77. The van der Waals surface area contributed by atoms with E-state index >= 15 is 0 Å². The predicted molar refractivity (Wildman–Crippen MR) is 106 cm³/mol. The summed E-state index contributed by atoms with van der Waals surface area (Å²) in [5.74, 6) is -0.897. The molecule has 27 heavy (non-hydrogen) atoms. The Morgan fingerprint density at radius 3 is 2.22 bits per heavy atom. The lowest BCUT2D eigenvalue weighted by molar-refractivity contribution is 0.0927. The van der Waals surface area contributed by atoms with Crippen molar-refractivity contribution in [3.63, 3.8) is 0 Å². The van der Waals surface area contributed by atoms with E-state index in [1.54, 1.807) is 30.3 Å². The lowest BCUT2D eigenvalue weighted by Gasteiger charge is -2.25. The fourth-order valence-corrected chi connectivity index (χ4v) is 4.58. The Kier molecular flexibility index (Phi) is 4.60. The van der Waals surface area contributed by atoms with E-state index in [-0.39, 0.29) is 45.9 Å². The Hall–Kier alpha value is -2.47. The van der Waals surface area contributed by atoms with Crippen molar-refractivity contribution in [1.29, 1.82) is 0 Å². The van der Waals surface area contributed by atoms with Gasteiger partial charge >= 0.3 is 0 Å². The second kappa shape index (κ2) is 6.93. The number of carbonyl (C=O) groups is 3. The van der Waals surface area contributed by atoms with Gasteiger partial charge in [-0.15, -0.1) is 0 Å². The third-order valence-electron chi connectivity index (χ3n) is 5.37. The van der Waals surface area contributed by atoms with Crippen LogP contribution in [-0.2, 0) is 0 Å². The van der Waals surface area contributed by atoms with E-state index in [9.17, 15) is 14.4 Å². The number of nitrogen functional groups attached to an aromatic ring is 1. The van der Waals surface area contributed by atoms with Crippen molar-refractivity contribution < 1.29 is 14.4 Å². The number of hydrogen-bond donors (Lipinski definition) is 2. The minimum atomic E-state index is -0.328. The highest BCUT2D eigenvalue weighted by Gasteiger charge is 2.35. The molecule has 2 aliphatic carbocycles. The summed E-state index contributed by atoms with van der Waals surface area (Å²) in [7, 11) is 0. The van der Waals surface area contributed by atoms with E-state index < -0.39 is 0 Å². The molecule has 0 saturated heterocycles. The molecule has 0 atom stereocenters. The molecular formula is C21H19BrN2O3. The third kappa shape index (κ3) is 2.98. The molecule has 3 N–H and O–H groups in total. The summed E-state index contributed by atoms with van der Waals surface area (Å²) in [6, 6.07) is 8.34. The van der Waals surface area contributed by atoms with Crippen LogP contribution in [0.15, 0.2) is 34.8 Å². The van der Waals surface area contributed by atoms with E-state index in [2.05, 4.69) is 21.2 Å². The fraction of sp³-hybridized carbons (Fsp3) is 0.286. The van der Waals surface area contributed by atoms with Crippen molar-refractivity contribution in [2.24, 2.45) is 0 Å². The average molecular weight is 427 g/mol. The summed E-state index contributed by atoms with van der Waals surface area (Å²) < 4.78 is 0.411. The molecule has 0 bridgehead atoms. The maximum Gasteiger partial charge on any atom is 0.253 e. The summed E-state index contributed by atoms with van der Waals surface area (Å²) in [6.45, 7) is 0. The normalized spacial score (nSPS) is 16.6. The second-order valence-corrected chi connectivity index (χ2v) is 7.94. The molecule has 6 heteroatoms. The smallest absolute Gasteiger partial charge is 0.253 e. The molecule has 2 aliphatic rings. The second-order valence-electron chi connectivity index (χ2n) is 7.08. The van der Waals surface area contributed by atoms with Gasteiger partial charge in [-0.05, 0) is 34.8 Å². The van der Waals surface area contributed by atoms with Gasteiger partial charge in [0.15, 0.2) is 11.6 Å². The van der Waals surface area contributed by atoms with Crippen molar-refractivity contribution in [2.45, 2.75) is 38.1 Å². The van der Waals surface area contributed by atoms with E-state index in [1.165, 1.54) is 6.42 Å². The van der Waals surface area contributed by atoms with Crippen LogP contribution in [0.5, 0.6) is 0 Å². The van der Waals surface area contributed by atoms with Crippen LogP contribution in [0.3, 0.4) is 0 Å². The minimum absolute atomic E-state index is 0.0642. The van der Waals surface area contributed by atoms with Gasteiger partial charge in [-0.25, -0.2) is 0 Å². The number of nitrogens with one attached hydrogen (secondary N) is 1. The molecule has 0 aliphatic heterocycles. The molecule has 0 aromatic heterocycles. The van der Waals surface area contributed by atoms with Crippen molar-refractivity contribution in [3.05, 3.63) is 62.6 Å². The van der Waals surface area contributed by atoms with Gasteiger partial charge in [0.25, 0.3) is 5.91 Å². The summed E-state index contributed by atoms with van der Waals surface area (Å²) in [4.78, 5) is 38.7. The molecule has 0 unspecified atom stereocenters. The number of ketones is 2. The molecule has 1 amide bonds. The Morgan fingerprint density at radius 2 is 1.59 bits per heavy atom. The first-order valence-electron chi connectivity index (χ1n) is 9.10. The highest BCUT2D eigenvalue weighted by atomic mass is 79.9. The first-order valence-corrected chi connectivity index (χ1v) is 9.89. The average Bonchev–Trinajstić information content (AvgIpc) is 2.68. The van der Waals surface area contributed by atoms with Gasteiger partial charge in [0.1, 0.15) is 0 Å². The van der Waals surface area contributed by atoms with Crippen LogP contribution in [0.2, 0.25) is 0 Å². The lowest BCUT2D eigenvalue weighted by Crippen LogP contribution is -2.37. The number of halogens is 1. The van der Waals surface area contributed by atoms with Crippen molar-refractivity contribution in [2.75, 3.05) is 5.73 Å². The highest BCUT2D eigenvalue weighted by molar-refractivity contribution is 9.10. The van der Waals surface area contributed by atoms with Crippen molar-refractivity contribution in [3.8, 4) is 0 Å². The Labute approximate surface area is 165 Å². The van der Waals surface area contributed by atoms with Crippen molar-refractivity contribution >= 4 is 39.1 Å². The summed E-state index contributed by atoms with van der Waals surface area (Å²) >= 11 is 3.37. The molecule has 1 fully saturated rings. The number of amides is 1. The maximum atomic E-state index is 13.0. The monoisotopic (exact) mass is 426 g/mol. The summed E-state index contributed by atoms with van der Waals surface area (Å²) in [5.41, 5.74) is 7.54. The van der Waals surface area contributed by atoms with Crippen LogP contribution < -0.4 is 11.1 Å². The highest BCUT2D eigenvalue weighted by Crippen LogP contribution is 2.37. The molecule has 0 radical (unpaired) electrons. The van der Waals surface area contributed by atoms with E-state index in [1.807, 2.05) is 0 Å². The van der Waals surface area contributed by atoms with Crippen LogP contribution in [0.25, 0.3) is 0 Å². The molecule has 1 saturated carbocycles. The molecular weight excluding hydrogens is 408 g/mol. The summed E-state index contributed by atoms with van der Waals surface area (Å²) in [5, 5.41) is 3.02. The SMILES string of the molecule is Nc1c(C(=O)NC2CCCCC2)cc(Br)c2c1C(=O)c1ccccc1C2=O. The number of anilines is 1. The molecule has 138 valence electrons. The number of nitrogens with two attached hydrogens (primary N) is 1. The largest absolute Gasteiger partial charge is 0.397 e. The van der Waals surface area contributed by atoms with E-state index in [0.717, 1.165) is 25.7 Å². The number of rotatable bonds is 2. The maximum absolute atomic E-state index is 13.0. The molecule has 4 rings (SSSR count). The zero-order valence-corrected chi connectivity index (χ0v) is 16.3. The van der Waals surface area contributed by atoms with Crippen LogP contribution >= 0.6 is 15.9 Å². The van der Waals surface area contributed by atoms with Gasteiger partial charge in [-0.2, -0.15) is 0 Å². The number of carbonyl (C=O) groups excluding carboxylic acids is 3. The van der Waals surface area contributed by atoms with Gasteiger partial charge < -0.3 is 11.1 Å². The van der Waals surface area contributed by atoms with Crippen LogP contribution in [-0.4, -0.2) is 23.5 Å². The predicted octanol–water partition coefficient (Wildman–Crippen LogP) is 3.87. The van der Waals surface area contributed by atoms with Crippen LogP contribution in [0.1, 0.15) is 74.3 Å². The number of fused-ring (bicyclic) bond motifs is 2.